The van der Waals surface area contributed by atoms with E-state index in [1.165, 1.54) is 0 Å². The van der Waals surface area contributed by atoms with Gasteiger partial charge in [-0.2, -0.15) is 0 Å². The Morgan fingerprint density at radius 1 is 1.21 bits per heavy atom. The molecule has 0 unspecified atom stereocenters. The summed E-state index contributed by atoms with van der Waals surface area (Å²) in [7, 11) is 0. The van der Waals surface area contributed by atoms with E-state index in [2.05, 4.69) is 27.7 Å². The van der Waals surface area contributed by atoms with Crippen LogP contribution in [0.4, 0.5) is 0 Å². The minimum absolute atomic E-state index is 0.328. The highest BCUT2D eigenvalue weighted by atomic mass is 16.2. The Labute approximate surface area is 88.7 Å². The predicted octanol–water partition coefficient (Wildman–Crippen LogP) is 3.07. The van der Waals surface area contributed by atoms with Crippen molar-refractivity contribution >= 4 is 5.91 Å². The van der Waals surface area contributed by atoms with Gasteiger partial charge < -0.3 is 4.90 Å². The molecule has 0 atom stereocenters. The van der Waals surface area contributed by atoms with Gasteiger partial charge in [0.05, 0.1) is 0 Å². The third-order valence-electron chi connectivity index (χ3n) is 2.18. The molecule has 0 spiro atoms. The van der Waals surface area contributed by atoms with Crippen molar-refractivity contribution in [2.45, 2.75) is 53.4 Å². The van der Waals surface area contributed by atoms with Crippen LogP contribution in [-0.2, 0) is 4.79 Å². The lowest BCUT2D eigenvalue weighted by atomic mass is 10.1. The number of hydrogen-bond donors (Lipinski definition) is 0. The van der Waals surface area contributed by atoms with Crippen molar-refractivity contribution in [3.63, 3.8) is 0 Å². The Morgan fingerprint density at radius 2 is 1.86 bits per heavy atom. The summed E-state index contributed by atoms with van der Waals surface area (Å²) in [6.45, 7) is 10.4. The number of nitrogens with zero attached hydrogens (tertiary/aromatic N) is 1. The molecule has 0 rings (SSSR count). The normalized spacial score (nSPS) is 10.6. The van der Waals surface area contributed by atoms with Crippen molar-refractivity contribution in [3.05, 3.63) is 0 Å². The van der Waals surface area contributed by atoms with Crippen molar-refractivity contribution < 1.29 is 4.79 Å². The molecule has 0 fully saturated rings. The number of amides is 1. The zero-order valence-electron chi connectivity index (χ0n) is 10.2. The Hall–Kier alpha value is -0.530. The van der Waals surface area contributed by atoms with E-state index in [0.29, 0.717) is 18.2 Å². The van der Waals surface area contributed by atoms with Gasteiger partial charge in [0.1, 0.15) is 0 Å². The van der Waals surface area contributed by atoms with Gasteiger partial charge in [-0.15, -0.1) is 0 Å². The van der Waals surface area contributed by atoms with E-state index in [1.807, 2.05) is 4.90 Å². The molecule has 0 radical (unpaired) electrons. The molecule has 2 heteroatoms. The molecule has 0 aromatic rings. The Morgan fingerprint density at radius 3 is 2.29 bits per heavy atom. The number of hydrogen-bond acceptors (Lipinski definition) is 1. The second-order valence-electron chi connectivity index (χ2n) is 4.34. The molecule has 2 nitrogen and oxygen atoms in total. The van der Waals surface area contributed by atoms with Crippen molar-refractivity contribution in [1.82, 2.24) is 4.90 Å². The summed E-state index contributed by atoms with van der Waals surface area (Å²) >= 11 is 0. The third-order valence-corrected chi connectivity index (χ3v) is 2.18. The van der Waals surface area contributed by atoms with Crippen LogP contribution >= 0.6 is 0 Å². The standard InChI is InChI=1S/C12H25NO/c1-5-7-9-13(10-11(3)4)12(14)8-6-2/h11H,5-10H2,1-4H3. The van der Waals surface area contributed by atoms with Crippen LogP contribution in [0.25, 0.3) is 0 Å². The van der Waals surface area contributed by atoms with Gasteiger partial charge >= 0.3 is 0 Å². The van der Waals surface area contributed by atoms with E-state index in [9.17, 15) is 4.79 Å². The first-order valence-corrected chi connectivity index (χ1v) is 5.89. The molecule has 0 aliphatic heterocycles. The molecule has 0 bridgehead atoms. The maximum absolute atomic E-state index is 11.7. The number of carbonyl (C=O) groups excluding carboxylic acids is 1. The van der Waals surface area contributed by atoms with Crippen LogP contribution in [0, 0.1) is 5.92 Å². The largest absolute Gasteiger partial charge is 0.342 e. The molecule has 0 aromatic carbocycles. The van der Waals surface area contributed by atoms with Gasteiger partial charge in [-0.05, 0) is 18.8 Å². The van der Waals surface area contributed by atoms with E-state index in [0.717, 1.165) is 32.4 Å². The predicted molar refractivity (Wildman–Crippen MR) is 61.2 cm³/mol. The quantitative estimate of drug-likeness (QED) is 0.617. The smallest absolute Gasteiger partial charge is 0.222 e. The fourth-order valence-corrected chi connectivity index (χ4v) is 1.48. The highest BCUT2D eigenvalue weighted by Gasteiger charge is 2.12. The average Bonchev–Trinajstić information content (AvgIpc) is 2.12. The second-order valence-corrected chi connectivity index (χ2v) is 4.34. The number of unbranched alkanes of at least 4 members (excludes halogenated alkanes) is 1. The highest BCUT2D eigenvalue weighted by molar-refractivity contribution is 5.76. The minimum atomic E-state index is 0.328. The van der Waals surface area contributed by atoms with Gasteiger partial charge in [-0.3, -0.25) is 4.79 Å². The molecule has 0 N–H and O–H groups in total. The maximum Gasteiger partial charge on any atom is 0.222 e. The van der Waals surface area contributed by atoms with E-state index < -0.39 is 0 Å². The van der Waals surface area contributed by atoms with Gasteiger partial charge in [-0.25, -0.2) is 0 Å². The van der Waals surface area contributed by atoms with E-state index in [1.54, 1.807) is 0 Å². The lowest BCUT2D eigenvalue weighted by Gasteiger charge is -2.24. The lowest BCUT2D eigenvalue weighted by Crippen LogP contribution is -2.34. The molecule has 0 aromatic heterocycles. The summed E-state index contributed by atoms with van der Waals surface area (Å²) in [4.78, 5) is 13.7. The minimum Gasteiger partial charge on any atom is -0.342 e. The molecular weight excluding hydrogens is 174 g/mol. The van der Waals surface area contributed by atoms with Gasteiger partial charge in [0.2, 0.25) is 5.91 Å². The molecule has 0 saturated carbocycles. The molecule has 0 aliphatic carbocycles. The summed E-state index contributed by atoms with van der Waals surface area (Å²) in [5, 5.41) is 0. The van der Waals surface area contributed by atoms with Crippen LogP contribution < -0.4 is 0 Å². The zero-order chi connectivity index (χ0) is 11.0. The maximum atomic E-state index is 11.7. The summed E-state index contributed by atoms with van der Waals surface area (Å²) in [5.41, 5.74) is 0. The highest BCUT2D eigenvalue weighted by Crippen LogP contribution is 2.05. The van der Waals surface area contributed by atoms with Crippen molar-refractivity contribution in [2.24, 2.45) is 5.92 Å². The Balaban J connectivity index is 4.01. The van der Waals surface area contributed by atoms with E-state index in [4.69, 9.17) is 0 Å². The number of carbonyl (C=O) groups is 1. The monoisotopic (exact) mass is 199 g/mol. The summed E-state index contributed by atoms with van der Waals surface area (Å²) in [6, 6.07) is 0. The van der Waals surface area contributed by atoms with Crippen LogP contribution in [0.2, 0.25) is 0 Å². The molecule has 84 valence electrons. The van der Waals surface area contributed by atoms with Crippen LogP contribution in [0.1, 0.15) is 53.4 Å². The van der Waals surface area contributed by atoms with Crippen LogP contribution in [0.5, 0.6) is 0 Å². The lowest BCUT2D eigenvalue weighted by molar-refractivity contribution is -0.131. The van der Waals surface area contributed by atoms with Crippen LogP contribution in [-0.4, -0.2) is 23.9 Å². The molecule has 14 heavy (non-hydrogen) atoms. The zero-order valence-corrected chi connectivity index (χ0v) is 10.2. The second kappa shape index (κ2) is 7.84. The SMILES string of the molecule is CCCCN(CC(C)C)C(=O)CCC. The molecular formula is C12H25NO. The van der Waals surface area contributed by atoms with E-state index in [-0.39, 0.29) is 0 Å². The summed E-state index contributed by atoms with van der Waals surface area (Å²) < 4.78 is 0. The molecule has 0 aliphatic rings. The number of rotatable bonds is 7. The van der Waals surface area contributed by atoms with Gasteiger partial charge in [0.25, 0.3) is 0 Å². The van der Waals surface area contributed by atoms with Crippen molar-refractivity contribution in [2.75, 3.05) is 13.1 Å². The fraction of sp³-hybridized carbons (Fsp3) is 0.917. The Kier molecular flexibility index (Phi) is 7.54. The third kappa shape index (κ3) is 6.01. The summed E-state index contributed by atoms with van der Waals surface area (Å²) in [5.74, 6) is 0.905. The van der Waals surface area contributed by atoms with Gasteiger partial charge in [0.15, 0.2) is 0 Å². The topological polar surface area (TPSA) is 20.3 Å². The first kappa shape index (κ1) is 13.5. The Bertz CT molecular complexity index is 154. The van der Waals surface area contributed by atoms with E-state index >= 15 is 0 Å². The summed E-state index contributed by atoms with van der Waals surface area (Å²) in [6.07, 6.45) is 3.95. The average molecular weight is 199 g/mol. The first-order chi connectivity index (χ1) is 6.61. The molecule has 1 amide bonds. The first-order valence-electron chi connectivity index (χ1n) is 5.89. The van der Waals surface area contributed by atoms with Crippen LogP contribution in [0.15, 0.2) is 0 Å². The van der Waals surface area contributed by atoms with Crippen molar-refractivity contribution in [3.8, 4) is 0 Å². The molecule has 0 saturated heterocycles. The van der Waals surface area contributed by atoms with Gasteiger partial charge in [-0.1, -0.05) is 34.1 Å². The molecule has 0 heterocycles. The van der Waals surface area contributed by atoms with Crippen molar-refractivity contribution in [1.29, 1.82) is 0 Å². The van der Waals surface area contributed by atoms with Gasteiger partial charge in [0, 0.05) is 19.5 Å². The fourth-order valence-electron chi connectivity index (χ4n) is 1.48. The van der Waals surface area contributed by atoms with Crippen LogP contribution in [0.3, 0.4) is 0 Å².